The van der Waals surface area contributed by atoms with Gasteiger partial charge < -0.3 is 0 Å². The molecule has 2 amide bonds. The van der Waals surface area contributed by atoms with Crippen LogP contribution in [0.3, 0.4) is 0 Å². The second-order valence-corrected chi connectivity index (χ2v) is 6.51. The Bertz CT molecular complexity index is 446. The Morgan fingerprint density at radius 1 is 1.33 bits per heavy atom. The van der Waals surface area contributed by atoms with E-state index in [0.29, 0.717) is 6.42 Å². The van der Waals surface area contributed by atoms with Gasteiger partial charge in [0.25, 0.3) is 10.2 Å². The number of amides is 2. The molecule has 1 heterocycles. The van der Waals surface area contributed by atoms with Crippen molar-refractivity contribution in [3.8, 4) is 0 Å². The average molecular weight is 277 g/mol. The van der Waals surface area contributed by atoms with Gasteiger partial charge in [-0.2, -0.15) is 17.0 Å². The van der Waals surface area contributed by atoms with E-state index in [4.69, 9.17) is 0 Å². The zero-order valence-electron chi connectivity index (χ0n) is 11.1. The molecular weight excluding hydrogens is 258 g/mol. The van der Waals surface area contributed by atoms with Gasteiger partial charge in [0.15, 0.2) is 0 Å². The molecule has 0 aliphatic carbocycles. The Balaban J connectivity index is 3.08. The summed E-state index contributed by atoms with van der Waals surface area (Å²) in [4.78, 5) is 24.3. The Morgan fingerprint density at radius 3 is 2.22 bits per heavy atom. The molecule has 0 bridgehead atoms. The van der Waals surface area contributed by atoms with Crippen LogP contribution in [0, 0.1) is 0 Å². The highest BCUT2D eigenvalue weighted by atomic mass is 32.2. The summed E-state index contributed by atoms with van der Waals surface area (Å²) in [7, 11) is 0.486. The van der Waals surface area contributed by atoms with Crippen molar-refractivity contribution < 1.29 is 18.0 Å². The van der Waals surface area contributed by atoms with Gasteiger partial charge >= 0.3 is 0 Å². The van der Waals surface area contributed by atoms with E-state index in [1.807, 2.05) is 6.92 Å². The van der Waals surface area contributed by atoms with E-state index in [-0.39, 0.29) is 18.9 Å². The third kappa shape index (κ3) is 2.55. The molecule has 0 aromatic rings. The zero-order chi connectivity index (χ0) is 14.1. The predicted molar refractivity (Wildman–Crippen MR) is 65.8 cm³/mol. The minimum Gasteiger partial charge on any atom is -0.284 e. The van der Waals surface area contributed by atoms with Crippen LogP contribution in [0.4, 0.5) is 0 Å². The highest BCUT2D eigenvalue weighted by molar-refractivity contribution is 7.86. The lowest BCUT2D eigenvalue weighted by Crippen LogP contribution is -2.49. The first-order chi connectivity index (χ1) is 8.23. The Labute approximate surface area is 108 Å². The van der Waals surface area contributed by atoms with E-state index in [0.717, 1.165) is 13.5 Å². The van der Waals surface area contributed by atoms with Crippen molar-refractivity contribution in [1.29, 1.82) is 0 Å². The molecule has 18 heavy (non-hydrogen) atoms. The Morgan fingerprint density at radius 2 is 1.89 bits per heavy atom. The van der Waals surface area contributed by atoms with Crippen molar-refractivity contribution in [3.05, 3.63) is 0 Å². The molecule has 0 spiro atoms. The van der Waals surface area contributed by atoms with Gasteiger partial charge in [-0.05, 0) is 6.42 Å². The molecule has 104 valence electrons. The molecule has 1 aliphatic rings. The molecule has 8 heteroatoms. The quantitative estimate of drug-likeness (QED) is 0.620. The molecule has 0 saturated carbocycles. The number of hydrogen-bond donors (Lipinski definition) is 0. The summed E-state index contributed by atoms with van der Waals surface area (Å²) in [6.07, 6.45) is 0.497. The fourth-order valence-electron chi connectivity index (χ4n) is 1.82. The van der Waals surface area contributed by atoms with Crippen LogP contribution >= 0.6 is 0 Å². The van der Waals surface area contributed by atoms with Gasteiger partial charge in [0, 0.05) is 27.7 Å². The normalized spacial score (nSPS) is 21.4. The summed E-state index contributed by atoms with van der Waals surface area (Å²) >= 11 is 0. The van der Waals surface area contributed by atoms with Gasteiger partial charge in [-0.3, -0.25) is 14.5 Å². The van der Waals surface area contributed by atoms with Gasteiger partial charge in [0.1, 0.15) is 6.04 Å². The molecule has 1 atom stereocenters. The lowest BCUT2D eigenvalue weighted by Gasteiger charge is -2.28. The Hall–Kier alpha value is -0.990. The first-order valence-corrected chi connectivity index (χ1v) is 7.12. The number of nitrogens with zero attached hydrogens (tertiary/aromatic N) is 3. The number of likely N-dealkylation sites (tertiary alicyclic amines) is 1. The van der Waals surface area contributed by atoms with Crippen LogP contribution in [0.25, 0.3) is 0 Å². The van der Waals surface area contributed by atoms with E-state index < -0.39 is 22.2 Å². The van der Waals surface area contributed by atoms with Crippen molar-refractivity contribution in [2.24, 2.45) is 0 Å². The number of likely N-dealkylation sites (N-methyl/N-ethyl adjacent to an activating group) is 1. The molecular formula is C10H19N3O4S. The summed E-state index contributed by atoms with van der Waals surface area (Å²) in [5, 5.41) is 0. The topological polar surface area (TPSA) is 78.0 Å². The van der Waals surface area contributed by atoms with Crippen LogP contribution < -0.4 is 0 Å². The van der Waals surface area contributed by atoms with Crippen LogP contribution in [0.2, 0.25) is 0 Å². The number of carbonyl (C=O) groups is 2. The van der Waals surface area contributed by atoms with Crippen LogP contribution in [-0.2, 0) is 19.8 Å². The van der Waals surface area contributed by atoms with E-state index in [9.17, 15) is 18.0 Å². The van der Waals surface area contributed by atoms with Crippen LogP contribution in [-0.4, -0.2) is 67.5 Å². The lowest BCUT2D eigenvalue weighted by atomic mass is 10.2. The molecule has 0 aromatic heterocycles. The fourth-order valence-corrected chi connectivity index (χ4v) is 3.14. The largest absolute Gasteiger partial charge is 0.284 e. The number of hydrogen-bond acceptors (Lipinski definition) is 4. The molecule has 0 unspecified atom stereocenters. The average Bonchev–Trinajstić information content (AvgIpc) is 2.53. The van der Waals surface area contributed by atoms with Gasteiger partial charge in [-0.25, -0.2) is 0 Å². The molecule has 1 fully saturated rings. The van der Waals surface area contributed by atoms with Crippen LogP contribution in [0.5, 0.6) is 0 Å². The summed E-state index contributed by atoms with van der Waals surface area (Å²) in [6.45, 7) is 2.04. The van der Waals surface area contributed by atoms with Crippen molar-refractivity contribution in [2.75, 3.05) is 27.7 Å². The second kappa shape index (κ2) is 5.33. The van der Waals surface area contributed by atoms with Crippen molar-refractivity contribution in [2.45, 2.75) is 25.8 Å². The van der Waals surface area contributed by atoms with Gasteiger partial charge in [0.05, 0.1) is 6.42 Å². The highest BCUT2D eigenvalue weighted by Gasteiger charge is 2.44. The van der Waals surface area contributed by atoms with Crippen molar-refractivity contribution in [1.82, 2.24) is 13.5 Å². The summed E-state index contributed by atoms with van der Waals surface area (Å²) in [6, 6.07) is -0.908. The molecule has 1 saturated heterocycles. The molecule has 0 N–H and O–H groups in total. The standard InChI is InChI=1S/C10H19N3O4S/c1-5-6-13(18(16,17)11(2)3)8-7-9(14)12(4)10(8)15/h8H,5-7H2,1-4H3/t8-/m0/s1. The van der Waals surface area contributed by atoms with E-state index in [2.05, 4.69) is 0 Å². The van der Waals surface area contributed by atoms with Crippen molar-refractivity contribution >= 4 is 22.0 Å². The number of carbonyl (C=O) groups excluding carboxylic acids is 2. The lowest BCUT2D eigenvalue weighted by molar-refractivity contribution is -0.137. The highest BCUT2D eigenvalue weighted by Crippen LogP contribution is 2.21. The molecule has 1 rings (SSSR count). The predicted octanol–water partition coefficient (Wildman–Crippen LogP) is -0.738. The monoisotopic (exact) mass is 277 g/mol. The second-order valence-electron chi connectivity index (χ2n) is 4.41. The van der Waals surface area contributed by atoms with Crippen LogP contribution in [0.1, 0.15) is 19.8 Å². The third-order valence-electron chi connectivity index (χ3n) is 2.91. The molecule has 1 aliphatic heterocycles. The number of rotatable bonds is 5. The maximum Gasteiger partial charge on any atom is 0.282 e. The SMILES string of the molecule is CCCN([C@H]1CC(=O)N(C)C1=O)S(=O)(=O)N(C)C. The molecule has 7 nitrogen and oxygen atoms in total. The molecule has 0 aromatic carbocycles. The van der Waals surface area contributed by atoms with Crippen LogP contribution in [0.15, 0.2) is 0 Å². The minimum absolute atomic E-state index is 0.0809. The maximum atomic E-state index is 12.1. The summed E-state index contributed by atoms with van der Waals surface area (Å²) in [5.41, 5.74) is 0. The smallest absolute Gasteiger partial charge is 0.282 e. The summed E-state index contributed by atoms with van der Waals surface area (Å²) in [5.74, 6) is -0.807. The zero-order valence-corrected chi connectivity index (χ0v) is 11.9. The van der Waals surface area contributed by atoms with E-state index in [1.54, 1.807) is 0 Å². The number of imide groups is 1. The van der Waals surface area contributed by atoms with Gasteiger partial charge in [0.2, 0.25) is 11.8 Å². The Kier molecular flexibility index (Phi) is 4.46. The fraction of sp³-hybridized carbons (Fsp3) is 0.800. The first-order valence-electron chi connectivity index (χ1n) is 5.73. The van der Waals surface area contributed by atoms with E-state index in [1.165, 1.54) is 21.1 Å². The maximum absolute atomic E-state index is 12.1. The minimum atomic E-state index is -3.70. The van der Waals surface area contributed by atoms with Crippen molar-refractivity contribution in [3.63, 3.8) is 0 Å². The first kappa shape index (κ1) is 15.1. The van der Waals surface area contributed by atoms with Gasteiger partial charge in [-0.15, -0.1) is 0 Å². The molecule has 0 radical (unpaired) electrons. The van der Waals surface area contributed by atoms with E-state index >= 15 is 0 Å². The van der Waals surface area contributed by atoms with Gasteiger partial charge in [-0.1, -0.05) is 6.92 Å². The summed E-state index contributed by atoms with van der Waals surface area (Å²) < 4.78 is 26.4. The third-order valence-corrected chi connectivity index (χ3v) is 4.86.